The molecule has 19 heavy (non-hydrogen) atoms. The number of aliphatic hydroxyl groups excluding tert-OH is 2. The SMILES string of the molecule is CC(O)CCCO.c1ccc(-c2ccccc2)cc1. The highest BCUT2D eigenvalue weighted by Gasteiger charge is 1.92. The Morgan fingerprint density at radius 2 is 1.26 bits per heavy atom. The molecule has 2 aromatic carbocycles. The molecule has 0 aromatic heterocycles. The first-order valence-electron chi connectivity index (χ1n) is 6.63. The molecular weight excluding hydrogens is 236 g/mol. The molecule has 2 rings (SSSR count). The summed E-state index contributed by atoms with van der Waals surface area (Å²) in [6, 6.07) is 20.8. The van der Waals surface area contributed by atoms with Crippen molar-refractivity contribution in [2.75, 3.05) is 6.61 Å². The van der Waals surface area contributed by atoms with Crippen LogP contribution in [0.25, 0.3) is 11.1 Å². The van der Waals surface area contributed by atoms with Crippen LogP contribution in [0.4, 0.5) is 0 Å². The Hall–Kier alpha value is -1.64. The van der Waals surface area contributed by atoms with E-state index in [1.54, 1.807) is 6.92 Å². The molecule has 2 N–H and O–H groups in total. The van der Waals surface area contributed by atoms with E-state index in [1.807, 2.05) is 12.1 Å². The molecular formula is C17H22O2. The fourth-order valence-corrected chi connectivity index (χ4v) is 1.65. The van der Waals surface area contributed by atoms with Crippen molar-refractivity contribution in [2.24, 2.45) is 0 Å². The average molecular weight is 258 g/mol. The highest BCUT2D eigenvalue weighted by atomic mass is 16.3. The van der Waals surface area contributed by atoms with Gasteiger partial charge in [0.25, 0.3) is 0 Å². The zero-order chi connectivity index (χ0) is 13.9. The lowest BCUT2D eigenvalue weighted by molar-refractivity contribution is 0.167. The number of rotatable bonds is 4. The Bertz CT molecular complexity index is 386. The fourth-order valence-electron chi connectivity index (χ4n) is 1.65. The van der Waals surface area contributed by atoms with Gasteiger partial charge in [-0.25, -0.2) is 0 Å². The smallest absolute Gasteiger partial charge is 0.0513 e. The van der Waals surface area contributed by atoms with Gasteiger partial charge in [-0.3, -0.25) is 0 Å². The molecule has 2 heteroatoms. The van der Waals surface area contributed by atoms with Crippen molar-refractivity contribution in [3.8, 4) is 11.1 Å². The number of hydrogen-bond acceptors (Lipinski definition) is 2. The second-order valence-corrected chi connectivity index (χ2v) is 4.45. The zero-order valence-electron chi connectivity index (χ0n) is 11.4. The molecule has 0 spiro atoms. The summed E-state index contributed by atoms with van der Waals surface area (Å²) in [7, 11) is 0. The third-order valence-electron chi connectivity index (χ3n) is 2.66. The molecule has 102 valence electrons. The molecule has 0 aliphatic rings. The van der Waals surface area contributed by atoms with Gasteiger partial charge in [-0.2, -0.15) is 0 Å². The van der Waals surface area contributed by atoms with Crippen LogP contribution < -0.4 is 0 Å². The first-order valence-corrected chi connectivity index (χ1v) is 6.63. The lowest BCUT2D eigenvalue weighted by Crippen LogP contribution is -1.99. The topological polar surface area (TPSA) is 40.5 Å². The minimum atomic E-state index is -0.257. The molecule has 2 nitrogen and oxygen atoms in total. The molecule has 0 bridgehead atoms. The molecule has 1 unspecified atom stereocenters. The van der Waals surface area contributed by atoms with Gasteiger partial charge in [0.05, 0.1) is 6.10 Å². The van der Waals surface area contributed by atoms with Gasteiger partial charge in [-0.15, -0.1) is 0 Å². The van der Waals surface area contributed by atoms with Crippen molar-refractivity contribution in [2.45, 2.75) is 25.9 Å². The second-order valence-electron chi connectivity index (χ2n) is 4.45. The van der Waals surface area contributed by atoms with Crippen molar-refractivity contribution in [1.29, 1.82) is 0 Å². The third kappa shape index (κ3) is 6.75. The molecule has 0 aliphatic heterocycles. The van der Waals surface area contributed by atoms with Crippen LogP contribution in [0.15, 0.2) is 60.7 Å². The van der Waals surface area contributed by atoms with Crippen LogP contribution in [0.1, 0.15) is 19.8 Å². The summed E-state index contributed by atoms with van der Waals surface area (Å²) in [6.07, 6.45) is 1.15. The Morgan fingerprint density at radius 3 is 1.53 bits per heavy atom. The Labute approximate surface area is 115 Å². The van der Waals surface area contributed by atoms with Crippen molar-refractivity contribution in [3.05, 3.63) is 60.7 Å². The molecule has 0 fully saturated rings. The molecule has 0 radical (unpaired) electrons. The lowest BCUT2D eigenvalue weighted by atomic mass is 10.1. The van der Waals surface area contributed by atoms with E-state index in [4.69, 9.17) is 10.2 Å². The van der Waals surface area contributed by atoms with Gasteiger partial charge in [0.2, 0.25) is 0 Å². The van der Waals surface area contributed by atoms with Gasteiger partial charge in [0.1, 0.15) is 0 Å². The van der Waals surface area contributed by atoms with Crippen LogP contribution >= 0.6 is 0 Å². The zero-order valence-corrected chi connectivity index (χ0v) is 11.4. The van der Waals surface area contributed by atoms with Gasteiger partial charge in [0.15, 0.2) is 0 Å². The quantitative estimate of drug-likeness (QED) is 0.881. The Balaban J connectivity index is 0.000000224. The highest BCUT2D eigenvalue weighted by Crippen LogP contribution is 2.17. The second kappa shape index (κ2) is 9.31. The van der Waals surface area contributed by atoms with E-state index in [2.05, 4.69) is 48.5 Å². The molecule has 1 atom stereocenters. The normalized spacial score (nSPS) is 11.3. The minimum Gasteiger partial charge on any atom is -0.396 e. The number of benzene rings is 2. The number of aliphatic hydroxyl groups is 2. The maximum Gasteiger partial charge on any atom is 0.0513 e. The average Bonchev–Trinajstić information content (AvgIpc) is 2.47. The van der Waals surface area contributed by atoms with Gasteiger partial charge in [-0.1, -0.05) is 60.7 Å². The lowest BCUT2D eigenvalue weighted by Gasteiger charge is -1.98. The van der Waals surface area contributed by atoms with Crippen LogP contribution in [-0.4, -0.2) is 22.9 Å². The molecule has 0 aliphatic carbocycles. The van der Waals surface area contributed by atoms with Gasteiger partial charge >= 0.3 is 0 Å². The van der Waals surface area contributed by atoms with Gasteiger partial charge in [-0.05, 0) is 30.9 Å². The number of hydrogen-bond donors (Lipinski definition) is 2. The van der Waals surface area contributed by atoms with Gasteiger partial charge < -0.3 is 10.2 Å². The maximum atomic E-state index is 8.57. The predicted molar refractivity (Wildman–Crippen MR) is 79.9 cm³/mol. The summed E-state index contributed by atoms with van der Waals surface area (Å²) in [5.74, 6) is 0. The van der Waals surface area contributed by atoms with E-state index >= 15 is 0 Å². The molecule has 2 aromatic rings. The van der Waals surface area contributed by atoms with Crippen LogP contribution in [0.3, 0.4) is 0 Å². The molecule has 0 amide bonds. The Morgan fingerprint density at radius 1 is 0.842 bits per heavy atom. The first kappa shape index (κ1) is 15.4. The Kier molecular flexibility index (Phi) is 7.56. The van der Waals surface area contributed by atoms with Crippen molar-refractivity contribution < 1.29 is 10.2 Å². The van der Waals surface area contributed by atoms with Crippen LogP contribution in [0, 0.1) is 0 Å². The minimum absolute atomic E-state index is 0.185. The maximum absolute atomic E-state index is 8.57. The summed E-state index contributed by atoms with van der Waals surface area (Å²) in [4.78, 5) is 0. The summed E-state index contributed by atoms with van der Waals surface area (Å²) in [5.41, 5.74) is 2.55. The molecule has 0 heterocycles. The van der Waals surface area contributed by atoms with Crippen molar-refractivity contribution in [3.63, 3.8) is 0 Å². The van der Waals surface area contributed by atoms with E-state index in [1.165, 1.54) is 11.1 Å². The van der Waals surface area contributed by atoms with Crippen LogP contribution in [-0.2, 0) is 0 Å². The fraction of sp³-hybridized carbons (Fsp3) is 0.294. The molecule has 0 saturated carbocycles. The predicted octanol–water partition coefficient (Wildman–Crippen LogP) is 3.49. The first-order chi connectivity index (χ1) is 9.24. The molecule has 0 saturated heterocycles. The van der Waals surface area contributed by atoms with Crippen LogP contribution in [0.5, 0.6) is 0 Å². The van der Waals surface area contributed by atoms with E-state index in [0.29, 0.717) is 12.8 Å². The summed E-state index contributed by atoms with van der Waals surface area (Å²) in [6.45, 7) is 1.90. The van der Waals surface area contributed by atoms with Crippen molar-refractivity contribution >= 4 is 0 Å². The van der Waals surface area contributed by atoms with Crippen molar-refractivity contribution in [1.82, 2.24) is 0 Å². The summed E-state index contributed by atoms with van der Waals surface area (Å²) < 4.78 is 0. The summed E-state index contributed by atoms with van der Waals surface area (Å²) >= 11 is 0. The van der Waals surface area contributed by atoms with Gasteiger partial charge in [0, 0.05) is 6.61 Å². The van der Waals surface area contributed by atoms with E-state index in [9.17, 15) is 0 Å². The van der Waals surface area contributed by atoms with E-state index in [0.717, 1.165) is 0 Å². The third-order valence-corrected chi connectivity index (χ3v) is 2.66. The van der Waals surface area contributed by atoms with E-state index < -0.39 is 0 Å². The van der Waals surface area contributed by atoms with E-state index in [-0.39, 0.29) is 12.7 Å². The largest absolute Gasteiger partial charge is 0.396 e. The monoisotopic (exact) mass is 258 g/mol. The summed E-state index contributed by atoms with van der Waals surface area (Å²) in [5, 5.41) is 16.8. The van der Waals surface area contributed by atoms with Crippen LogP contribution in [0.2, 0.25) is 0 Å². The highest BCUT2D eigenvalue weighted by molar-refractivity contribution is 5.62. The standard InChI is InChI=1S/C12H10.C5H12O2/c1-3-7-11(8-4-1)12-9-5-2-6-10-12;1-5(7)3-2-4-6/h1-10H;5-7H,2-4H2,1H3.